The van der Waals surface area contributed by atoms with Crippen molar-refractivity contribution < 1.29 is 0 Å². The fourth-order valence-corrected chi connectivity index (χ4v) is 3.16. The Morgan fingerprint density at radius 3 is 2.59 bits per heavy atom. The lowest BCUT2D eigenvalue weighted by molar-refractivity contribution is 0.242. The number of hydrogen-bond donors (Lipinski definition) is 0. The molecule has 0 spiro atoms. The summed E-state index contributed by atoms with van der Waals surface area (Å²) in [4.78, 5) is 2.56. The molecular formula is C12H22N4S. The smallest absolute Gasteiger partial charge is 0.190 e. The SMILES string of the molecule is CCc1nnc(SCCN2CCCCC2)n1C. The summed E-state index contributed by atoms with van der Waals surface area (Å²) in [6.07, 6.45) is 5.10. The summed E-state index contributed by atoms with van der Waals surface area (Å²) in [6, 6.07) is 0. The Morgan fingerprint density at radius 1 is 1.18 bits per heavy atom. The van der Waals surface area contributed by atoms with Gasteiger partial charge in [-0.05, 0) is 25.9 Å². The molecule has 0 saturated carbocycles. The Kier molecular flexibility index (Phi) is 4.86. The summed E-state index contributed by atoms with van der Waals surface area (Å²) in [5.74, 6) is 2.20. The van der Waals surface area contributed by atoms with E-state index in [1.165, 1.54) is 38.9 Å². The number of likely N-dealkylation sites (tertiary alicyclic amines) is 1. The molecule has 4 nitrogen and oxygen atoms in total. The predicted octanol–water partition coefficient (Wildman–Crippen LogP) is 1.96. The van der Waals surface area contributed by atoms with E-state index in [-0.39, 0.29) is 0 Å². The lowest BCUT2D eigenvalue weighted by Gasteiger charge is -2.25. The van der Waals surface area contributed by atoms with Crippen molar-refractivity contribution in [1.82, 2.24) is 19.7 Å². The molecule has 0 unspecified atom stereocenters. The van der Waals surface area contributed by atoms with Crippen molar-refractivity contribution in [2.24, 2.45) is 7.05 Å². The van der Waals surface area contributed by atoms with E-state index < -0.39 is 0 Å². The second-order valence-electron chi connectivity index (χ2n) is 4.56. The van der Waals surface area contributed by atoms with Crippen LogP contribution < -0.4 is 0 Å². The van der Waals surface area contributed by atoms with E-state index in [0.29, 0.717) is 0 Å². The molecule has 0 N–H and O–H groups in total. The molecule has 2 rings (SSSR count). The van der Waals surface area contributed by atoms with Crippen LogP contribution in [0.25, 0.3) is 0 Å². The molecule has 1 aromatic rings. The van der Waals surface area contributed by atoms with E-state index >= 15 is 0 Å². The molecule has 1 fully saturated rings. The molecule has 1 aliphatic rings. The van der Waals surface area contributed by atoms with Crippen molar-refractivity contribution in [3.05, 3.63) is 5.82 Å². The van der Waals surface area contributed by atoms with Gasteiger partial charge < -0.3 is 9.47 Å². The first-order valence-corrected chi connectivity index (χ1v) is 7.53. The average molecular weight is 254 g/mol. The van der Waals surface area contributed by atoms with Crippen LogP contribution in [0.3, 0.4) is 0 Å². The zero-order chi connectivity index (χ0) is 12.1. The number of rotatable bonds is 5. The molecule has 1 saturated heterocycles. The van der Waals surface area contributed by atoms with Gasteiger partial charge in [0.25, 0.3) is 0 Å². The van der Waals surface area contributed by atoms with Crippen molar-refractivity contribution in [1.29, 1.82) is 0 Å². The molecule has 0 amide bonds. The summed E-state index contributed by atoms with van der Waals surface area (Å²) < 4.78 is 2.11. The average Bonchev–Trinajstić information content (AvgIpc) is 2.72. The van der Waals surface area contributed by atoms with Gasteiger partial charge in [-0.15, -0.1) is 10.2 Å². The van der Waals surface area contributed by atoms with Crippen LogP contribution >= 0.6 is 11.8 Å². The minimum Gasteiger partial charge on any atom is -0.309 e. The molecule has 5 heteroatoms. The second-order valence-corrected chi connectivity index (χ2v) is 5.62. The standard InChI is InChI=1S/C12H22N4S/c1-3-11-13-14-12(15(11)2)17-10-9-16-7-5-4-6-8-16/h3-10H2,1-2H3. The lowest BCUT2D eigenvalue weighted by atomic mass is 10.1. The number of thioether (sulfide) groups is 1. The van der Waals surface area contributed by atoms with E-state index in [2.05, 4.69) is 33.6 Å². The van der Waals surface area contributed by atoms with Gasteiger partial charge in [0.2, 0.25) is 0 Å². The highest BCUT2D eigenvalue weighted by Gasteiger charge is 2.11. The van der Waals surface area contributed by atoms with Gasteiger partial charge in [-0.2, -0.15) is 0 Å². The molecule has 17 heavy (non-hydrogen) atoms. The lowest BCUT2D eigenvalue weighted by Crippen LogP contribution is -2.31. The van der Waals surface area contributed by atoms with Gasteiger partial charge in [-0.25, -0.2) is 0 Å². The maximum absolute atomic E-state index is 4.23. The van der Waals surface area contributed by atoms with Crippen molar-refractivity contribution in [3.8, 4) is 0 Å². The summed E-state index contributed by atoms with van der Waals surface area (Å²) in [5, 5.41) is 9.46. The van der Waals surface area contributed by atoms with Gasteiger partial charge in [0, 0.05) is 25.8 Å². The van der Waals surface area contributed by atoms with Crippen molar-refractivity contribution in [2.75, 3.05) is 25.4 Å². The first-order valence-electron chi connectivity index (χ1n) is 6.54. The summed E-state index contributed by atoms with van der Waals surface area (Å²) >= 11 is 1.82. The van der Waals surface area contributed by atoms with Gasteiger partial charge in [0.1, 0.15) is 5.82 Å². The van der Waals surface area contributed by atoms with Gasteiger partial charge >= 0.3 is 0 Å². The molecule has 1 aromatic heterocycles. The van der Waals surface area contributed by atoms with Crippen LogP contribution in [0, 0.1) is 0 Å². The number of hydrogen-bond acceptors (Lipinski definition) is 4. The van der Waals surface area contributed by atoms with Crippen LogP contribution in [0.4, 0.5) is 0 Å². The molecule has 96 valence electrons. The van der Waals surface area contributed by atoms with Crippen LogP contribution in [0.15, 0.2) is 5.16 Å². The minimum atomic E-state index is 0.955. The molecule has 0 radical (unpaired) electrons. The topological polar surface area (TPSA) is 34.0 Å². The van der Waals surface area contributed by atoms with Gasteiger partial charge in [0.05, 0.1) is 0 Å². The number of nitrogens with zero attached hydrogens (tertiary/aromatic N) is 4. The van der Waals surface area contributed by atoms with Crippen LogP contribution in [0.1, 0.15) is 32.0 Å². The number of aryl methyl sites for hydroxylation is 1. The maximum Gasteiger partial charge on any atom is 0.190 e. The third-order valence-electron chi connectivity index (χ3n) is 3.33. The summed E-state index contributed by atoms with van der Waals surface area (Å²) in [5.41, 5.74) is 0. The van der Waals surface area contributed by atoms with Crippen molar-refractivity contribution in [3.63, 3.8) is 0 Å². The highest BCUT2D eigenvalue weighted by atomic mass is 32.2. The van der Waals surface area contributed by atoms with Gasteiger partial charge in [0.15, 0.2) is 5.16 Å². The summed E-state index contributed by atoms with van der Waals surface area (Å²) in [6.45, 7) is 5.85. The highest BCUT2D eigenvalue weighted by Crippen LogP contribution is 2.17. The fourth-order valence-electron chi connectivity index (χ4n) is 2.23. The zero-order valence-electron chi connectivity index (χ0n) is 10.9. The molecular weight excluding hydrogens is 232 g/mol. The van der Waals surface area contributed by atoms with Crippen LogP contribution in [-0.2, 0) is 13.5 Å². The third-order valence-corrected chi connectivity index (χ3v) is 4.33. The maximum atomic E-state index is 4.23. The van der Waals surface area contributed by atoms with E-state index in [1.54, 1.807) is 0 Å². The van der Waals surface area contributed by atoms with E-state index in [1.807, 2.05) is 11.8 Å². The molecule has 0 aromatic carbocycles. The molecule has 1 aliphatic heterocycles. The fraction of sp³-hybridized carbons (Fsp3) is 0.833. The van der Waals surface area contributed by atoms with Crippen LogP contribution in [0.2, 0.25) is 0 Å². The molecule has 2 heterocycles. The van der Waals surface area contributed by atoms with Crippen molar-refractivity contribution >= 4 is 11.8 Å². The van der Waals surface area contributed by atoms with Gasteiger partial charge in [-0.1, -0.05) is 25.1 Å². The Hall–Kier alpha value is -0.550. The monoisotopic (exact) mass is 254 g/mol. The largest absolute Gasteiger partial charge is 0.309 e. The Balaban J connectivity index is 1.75. The molecule has 0 atom stereocenters. The predicted molar refractivity (Wildman–Crippen MR) is 71.4 cm³/mol. The zero-order valence-corrected chi connectivity index (χ0v) is 11.7. The molecule has 0 aliphatic carbocycles. The normalized spacial score (nSPS) is 17.5. The summed E-state index contributed by atoms with van der Waals surface area (Å²) in [7, 11) is 2.06. The third kappa shape index (κ3) is 3.45. The Labute approximate surface area is 108 Å². The van der Waals surface area contributed by atoms with E-state index in [9.17, 15) is 0 Å². The van der Waals surface area contributed by atoms with Crippen molar-refractivity contribution in [2.45, 2.75) is 37.8 Å². The Morgan fingerprint density at radius 2 is 1.94 bits per heavy atom. The van der Waals surface area contributed by atoms with E-state index in [0.717, 1.165) is 23.2 Å². The Bertz CT molecular complexity index is 344. The van der Waals surface area contributed by atoms with Crippen LogP contribution in [0.5, 0.6) is 0 Å². The van der Waals surface area contributed by atoms with Gasteiger partial charge in [-0.3, -0.25) is 0 Å². The molecule has 0 bridgehead atoms. The minimum absolute atomic E-state index is 0.955. The second kappa shape index (κ2) is 6.40. The highest BCUT2D eigenvalue weighted by molar-refractivity contribution is 7.99. The van der Waals surface area contributed by atoms with E-state index in [4.69, 9.17) is 0 Å². The number of aromatic nitrogens is 3. The van der Waals surface area contributed by atoms with Crippen LogP contribution in [-0.4, -0.2) is 45.1 Å². The quantitative estimate of drug-likeness (QED) is 0.752. The first kappa shape index (κ1) is 12.9. The first-order chi connectivity index (χ1) is 8.31. The number of piperidine rings is 1.